The maximum absolute atomic E-state index is 12.9. The van der Waals surface area contributed by atoms with Crippen molar-refractivity contribution in [2.24, 2.45) is 0 Å². The minimum Gasteiger partial charge on any atom is -0.444 e. The van der Waals surface area contributed by atoms with Gasteiger partial charge in [0.2, 0.25) is 0 Å². The zero-order valence-corrected chi connectivity index (χ0v) is 26.6. The zero-order valence-electron chi connectivity index (χ0n) is 26.6. The van der Waals surface area contributed by atoms with Crippen LogP contribution in [0.3, 0.4) is 0 Å². The number of likely N-dealkylation sites (tertiary alicyclic amines) is 1. The Balaban J connectivity index is 1.44. The van der Waals surface area contributed by atoms with Crippen molar-refractivity contribution in [1.82, 2.24) is 29.5 Å². The summed E-state index contributed by atoms with van der Waals surface area (Å²) in [5, 5.41) is 4.55. The Hall–Kier alpha value is -3.86. The number of carbonyl (C=O) groups is 1. The van der Waals surface area contributed by atoms with Crippen LogP contribution in [-0.4, -0.2) is 81.0 Å². The van der Waals surface area contributed by atoms with Gasteiger partial charge >= 0.3 is 6.09 Å². The Kier molecular flexibility index (Phi) is 8.82. The van der Waals surface area contributed by atoms with E-state index in [0.29, 0.717) is 23.5 Å². The number of nitrogens with zero attached hydrogens (tertiary/aromatic N) is 7. The maximum atomic E-state index is 12.9. The molecular weight excluding hydrogens is 544 g/mol. The van der Waals surface area contributed by atoms with Crippen molar-refractivity contribution in [1.29, 1.82) is 0 Å². The maximum Gasteiger partial charge on any atom is 0.410 e. The highest BCUT2D eigenvalue weighted by molar-refractivity contribution is 5.71. The third-order valence-corrected chi connectivity index (χ3v) is 8.49. The third kappa shape index (κ3) is 7.21. The largest absolute Gasteiger partial charge is 0.444 e. The average Bonchev–Trinajstić information content (AvgIpc) is 3.61. The standard InChI is InChI=1S/C32H46N8O3/c1-21-9-8-12-39(21)26-16-23(22(2)38(7)31(41)43-32(3,4)5)15-24(17-26)28-19-34-29(33)30(36-28)42-27-18-35-40(20-27)25-10-13-37(6)14-11-25/h15-22,25H,8-14H2,1-7H3,(H2,33,34)/t21-,22?/m1/s1. The Morgan fingerprint density at radius 3 is 2.53 bits per heavy atom. The van der Waals surface area contributed by atoms with Crippen molar-refractivity contribution in [2.75, 3.05) is 44.4 Å². The van der Waals surface area contributed by atoms with Gasteiger partial charge in [0, 0.05) is 30.9 Å². The molecule has 2 aromatic heterocycles. The topological polar surface area (TPSA) is 115 Å². The Labute approximate surface area is 255 Å². The fourth-order valence-electron chi connectivity index (χ4n) is 5.76. The van der Waals surface area contributed by atoms with Crippen LogP contribution in [0.2, 0.25) is 0 Å². The van der Waals surface area contributed by atoms with Crippen molar-refractivity contribution < 1.29 is 14.3 Å². The van der Waals surface area contributed by atoms with Gasteiger partial charge in [-0.3, -0.25) is 4.68 Å². The van der Waals surface area contributed by atoms with Gasteiger partial charge < -0.3 is 29.9 Å². The molecule has 5 rings (SSSR count). The lowest BCUT2D eigenvalue weighted by Crippen LogP contribution is -2.35. The lowest BCUT2D eigenvalue weighted by atomic mass is 10.0. The summed E-state index contributed by atoms with van der Waals surface area (Å²) >= 11 is 0. The highest BCUT2D eigenvalue weighted by Gasteiger charge is 2.27. The molecule has 11 heteroatoms. The molecule has 2 aliphatic heterocycles. The van der Waals surface area contributed by atoms with Crippen LogP contribution in [0.1, 0.15) is 77.9 Å². The second-order valence-corrected chi connectivity index (χ2v) is 13.0. The zero-order chi connectivity index (χ0) is 30.9. The highest BCUT2D eigenvalue weighted by Crippen LogP contribution is 2.35. The minimum atomic E-state index is -0.581. The molecule has 0 radical (unpaired) electrons. The van der Waals surface area contributed by atoms with E-state index in [4.69, 9.17) is 20.2 Å². The van der Waals surface area contributed by atoms with Crippen molar-refractivity contribution >= 4 is 17.6 Å². The number of benzene rings is 1. The summed E-state index contributed by atoms with van der Waals surface area (Å²) in [5.41, 5.74) is 9.21. The van der Waals surface area contributed by atoms with Crippen LogP contribution in [-0.2, 0) is 4.74 Å². The first-order chi connectivity index (χ1) is 20.4. The van der Waals surface area contributed by atoms with E-state index in [1.165, 1.54) is 0 Å². The summed E-state index contributed by atoms with van der Waals surface area (Å²) in [6.45, 7) is 12.9. The molecule has 1 amide bonds. The molecule has 1 aromatic carbocycles. The van der Waals surface area contributed by atoms with Gasteiger partial charge in [0.1, 0.15) is 5.60 Å². The molecule has 232 valence electrons. The molecule has 2 atom stereocenters. The molecule has 11 nitrogen and oxygen atoms in total. The van der Waals surface area contributed by atoms with E-state index in [2.05, 4.69) is 52.1 Å². The van der Waals surface area contributed by atoms with E-state index in [9.17, 15) is 4.79 Å². The van der Waals surface area contributed by atoms with Crippen LogP contribution in [0.25, 0.3) is 11.3 Å². The molecule has 2 aliphatic rings. The van der Waals surface area contributed by atoms with Crippen molar-refractivity contribution in [2.45, 2.75) is 84.0 Å². The van der Waals surface area contributed by atoms with E-state index < -0.39 is 5.60 Å². The second kappa shape index (κ2) is 12.4. The van der Waals surface area contributed by atoms with Crippen molar-refractivity contribution in [3.05, 3.63) is 42.4 Å². The number of nitrogens with two attached hydrogens (primary N) is 1. The predicted molar refractivity (Wildman–Crippen MR) is 168 cm³/mol. The molecule has 43 heavy (non-hydrogen) atoms. The number of aromatic nitrogens is 4. The van der Waals surface area contributed by atoms with E-state index in [1.807, 2.05) is 38.6 Å². The van der Waals surface area contributed by atoms with Gasteiger partial charge in [-0.05, 0) is 104 Å². The molecule has 3 aromatic rings. The summed E-state index contributed by atoms with van der Waals surface area (Å²) in [4.78, 5) is 28.5. The third-order valence-electron chi connectivity index (χ3n) is 8.49. The first-order valence-electron chi connectivity index (χ1n) is 15.3. The lowest BCUT2D eigenvalue weighted by Gasteiger charge is -2.30. The molecule has 0 spiro atoms. The molecule has 4 heterocycles. The van der Waals surface area contributed by atoms with Crippen LogP contribution in [0, 0.1) is 0 Å². The number of hydrogen-bond donors (Lipinski definition) is 1. The van der Waals surface area contributed by atoms with Crippen molar-refractivity contribution in [3.63, 3.8) is 0 Å². The number of amides is 1. The lowest BCUT2D eigenvalue weighted by molar-refractivity contribution is 0.0234. The molecule has 1 unspecified atom stereocenters. The van der Waals surface area contributed by atoms with E-state index in [1.54, 1.807) is 24.3 Å². The molecule has 2 fully saturated rings. The molecule has 2 saturated heterocycles. The number of nitrogen functional groups attached to an aromatic ring is 1. The Morgan fingerprint density at radius 1 is 1.12 bits per heavy atom. The highest BCUT2D eigenvalue weighted by atomic mass is 16.6. The Morgan fingerprint density at radius 2 is 1.86 bits per heavy atom. The average molecular weight is 591 g/mol. The summed E-state index contributed by atoms with van der Waals surface area (Å²) in [6, 6.07) is 6.87. The first kappa shape index (κ1) is 30.6. The number of rotatable bonds is 7. The van der Waals surface area contributed by atoms with Crippen LogP contribution in [0.15, 0.2) is 36.8 Å². The number of piperidine rings is 1. The van der Waals surface area contributed by atoms with Gasteiger partial charge in [0.05, 0.1) is 36.4 Å². The molecule has 0 bridgehead atoms. The smallest absolute Gasteiger partial charge is 0.410 e. The van der Waals surface area contributed by atoms with Gasteiger partial charge in [-0.1, -0.05) is 0 Å². The van der Waals surface area contributed by atoms with Crippen LogP contribution in [0.5, 0.6) is 11.6 Å². The SMILES string of the molecule is CC(c1cc(-c2cnc(N)c(Oc3cnn(C4CCN(C)CC4)c3)n2)cc(N2CCC[C@H]2C)c1)N(C)C(=O)OC(C)(C)C. The number of anilines is 2. The summed E-state index contributed by atoms with van der Waals surface area (Å²) in [5.74, 6) is 1.02. The minimum absolute atomic E-state index is 0.207. The van der Waals surface area contributed by atoms with E-state index >= 15 is 0 Å². The van der Waals surface area contributed by atoms with Gasteiger partial charge in [-0.2, -0.15) is 5.10 Å². The summed E-state index contributed by atoms with van der Waals surface area (Å²) in [6.07, 6.45) is 9.28. The molecule has 0 saturated carbocycles. The molecular formula is C32H46N8O3. The number of hydrogen-bond acceptors (Lipinski definition) is 9. The van der Waals surface area contributed by atoms with Gasteiger partial charge in [-0.15, -0.1) is 0 Å². The van der Waals surface area contributed by atoms with Crippen LogP contribution < -0.4 is 15.4 Å². The summed E-state index contributed by atoms with van der Waals surface area (Å²) in [7, 11) is 3.91. The van der Waals surface area contributed by atoms with Crippen molar-refractivity contribution in [3.8, 4) is 22.9 Å². The Bertz CT molecular complexity index is 1430. The van der Waals surface area contributed by atoms with Crippen LogP contribution >= 0.6 is 0 Å². The van der Waals surface area contributed by atoms with Gasteiger partial charge in [-0.25, -0.2) is 14.8 Å². The number of carbonyl (C=O) groups excluding carboxylic acids is 1. The number of ether oxygens (including phenoxy) is 2. The van der Waals surface area contributed by atoms with Gasteiger partial charge in [0.25, 0.3) is 5.88 Å². The van der Waals surface area contributed by atoms with E-state index in [0.717, 1.165) is 62.1 Å². The van der Waals surface area contributed by atoms with E-state index in [-0.39, 0.29) is 23.8 Å². The predicted octanol–water partition coefficient (Wildman–Crippen LogP) is 5.90. The monoisotopic (exact) mass is 590 g/mol. The molecule has 0 aliphatic carbocycles. The first-order valence-corrected chi connectivity index (χ1v) is 15.3. The summed E-state index contributed by atoms with van der Waals surface area (Å²) < 4.78 is 13.8. The van der Waals surface area contributed by atoms with Gasteiger partial charge in [0.15, 0.2) is 11.6 Å². The molecule has 2 N–H and O–H groups in total. The second-order valence-electron chi connectivity index (χ2n) is 13.0. The van der Waals surface area contributed by atoms with Crippen LogP contribution in [0.4, 0.5) is 16.3 Å². The fourth-order valence-corrected chi connectivity index (χ4v) is 5.76. The fraction of sp³-hybridized carbons (Fsp3) is 0.562. The normalized spacial score (nSPS) is 19.0. The quantitative estimate of drug-likeness (QED) is 0.359.